The minimum atomic E-state index is 0.0620. The van der Waals surface area contributed by atoms with Crippen LogP contribution in [0.25, 0.3) is 0 Å². The molecule has 2 aromatic rings. The summed E-state index contributed by atoms with van der Waals surface area (Å²) in [5.74, 6) is 1.21. The van der Waals surface area contributed by atoms with E-state index in [2.05, 4.69) is 19.1 Å². The van der Waals surface area contributed by atoms with Gasteiger partial charge in [0.05, 0.1) is 0 Å². The molecule has 0 aliphatic carbocycles. The fraction of sp³-hybridized carbons (Fsp3) is 0.350. The molecule has 4 heteroatoms. The average molecular weight is 324 g/mol. The van der Waals surface area contributed by atoms with Crippen LogP contribution in [-0.4, -0.2) is 30.4 Å². The van der Waals surface area contributed by atoms with Crippen LogP contribution in [0, 0.1) is 12.8 Å². The monoisotopic (exact) mass is 324 g/mol. The minimum absolute atomic E-state index is 0.0620. The van der Waals surface area contributed by atoms with E-state index in [-0.39, 0.29) is 5.91 Å². The second-order valence-electron chi connectivity index (χ2n) is 6.45. The molecule has 0 radical (unpaired) electrons. The van der Waals surface area contributed by atoms with Crippen LogP contribution in [0.1, 0.15) is 27.9 Å². The van der Waals surface area contributed by atoms with Gasteiger partial charge in [-0.2, -0.15) is 0 Å². The van der Waals surface area contributed by atoms with E-state index in [9.17, 15) is 4.79 Å². The van der Waals surface area contributed by atoms with Gasteiger partial charge < -0.3 is 15.4 Å². The number of carbonyl (C=O) groups is 1. The molecule has 1 amide bonds. The number of benzene rings is 2. The van der Waals surface area contributed by atoms with E-state index in [1.54, 1.807) is 0 Å². The second kappa shape index (κ2) is 7.49. The van der Waals surface area contributed by atoms with Crippen molar-refractivity contribution >= 4 is 5.91 Å². The van der Waals surface area contributed by atoms with Gasteiger partial charge >= 0.3 is 0 Å². The van der Waals surface area contributed by atoms with Gasteiger partial charge in [0.2, 0.25) is 0 Å². The molecule has 24 heavy (non-hydrogen) atoms. The predicted molar refractivity (Wildman–Crippen MR) is 95.0 cm³/mol. The van der Waals surface area contributed by atoms with Gasteiger partial charge in [0, 0.05) is 18.7 Å². The van der Waals surface area contributed by atoms with Gasteiger partial charge in [0.15, 0.2) is 0 Å². The van der Waals surface area contributed by atoms with Crippen LogP contribution in [0.2, 0.25) is 0 Å². The Morgan fingerprint density at radius 2 is 2.08 bits per heavy atom. The highest BCUT2D eigenvalue weighted by Crippen LogP contribution is 2.21. The number of nitrogens with two attached hydrogens (primary N) is 1. The van der Waals surface area contributed by atoms with Crippen LogP contribution >= 0.6 is 0 Å². The van der Waals surface area contributed by atoms with E-state index >= 15 is 0 Å². The summed E-state index contributed by atoms with van der Waals surface area (Å²) >= 11 is 0. The maximum Gasteiger partial charge on any atom is 0.253 e. The number of hydrogen-bond donors (Lipinski definition) is 1. The van der Waals surface area contributed by atoms with Crippen molar-refractivity contribution in [2.75, 3.05) is 19.6 Å². The van der Waals surface area contributed by atoms with Gasteiger partial charge in [-0.05, 0) is 49.6 Å². The standard InChI is InChI=1S/C20H24N2O2/c1-15-4-2-5-16(10-15)14-24-19-7-3-6-18(11-19)20(23)22-9-8-17(12-21)13-22/h2-7,10-11,17H,8-9,12-14,21H2,1H3/t17-/m1/s1. The van der Waals surface area contributed by atoms with Crippen molar-refractivity contribution < 1.29 is 9.53 Å². The van der Waals surface area contributed by atoms with Crippen molar-refractivity contribution in [2.45, 2.75) is 20.0 Å². The maximum absolute atomic E-state index is 12.6. The third-order valence-corrected chi connectivity index (χ3v) is 4.48. The van der Waals surface area contributed by atoms with Gasteiger partial charge in [-0.1, -0.05) is 35.9 Å². The lowest BCUT2D eigenvalue weighted by molar-refractivity contribution is 0.0787. The molecule has 0 unspecified atom stereocenters. The number of aryl methyl sites for hydroxylation is 1. The van der Waals surface area contributed by atoms with Crippen molar-refractivity contribution in [3.8, 4) is 5.75 Å². The smallest absolute Gasteiger partial charge is 0.253 e. The van der Waals surface area contributed by atoms with E-state index in [1.165, 1.54) is 5.56 Å². The van der Waals surface area contributed by atoms with Crippen molar-refractivity contribution in [3.05, 3.63) is 65.2 Å². The van der Waals surface area contributed by atoms with Crippen molar-refractivity contribution in [1.29, 1.82) is 0 Å². The maximum atomic E-state index is 12.6. The molecular formula is C20H24N2O2. The van der Waals surface area contributed by atoms with Gasteiger partial charge in [0.1, 0.15) is 12.4 Å². The van der Waals surface area contributed by atoms with Crippen LogP contribution in [0.5, 0.6) is 5.75 Å². The fourth-order valence-corrected chi connectivity index (χ4v) is 3.08. The van der Waals surface area contributed by atoms with Crippen molar-refractivity contribution in [2.24, 2.45) is 11.7 Å². The first-order chi connectivity index (χ1) is 11.7. The lowest BCUT2D eigenvalue weighted by atomic mass is 10.1. The van der Waals surface area contributed by atoms with E-state index in [1.807, 2.05) is 41.3 Å². The van der Waals surface area contributed by atoms with Crippen molar-refractivity contribution in [3.63, 3.8) is 0 Å². The minimum Gasteiger partial charge on any atom is -0.489 e. The van der Waals surface area contributed by atoms with E-state index < -0.39 is 0 Å². The number of ether oxygens (including phenoxy) is 1. The molecule has 1 fully saturated rings. The summed E-state index contributed by atoms with van der Waals surface area (Å²) in [7, 11) is 0. The lowest BCUT2D eigenvalue weighted by Crippen LogP contribution is -2.29. The predicted octanol–water partition coefficient (Wildman–Crippen LogP) is 2.99. The van der Waals surface area contributed by atoms with Crippen molar-refractivity contribution in [1.82, 2.24) is 4.90 Å². The zero-order valence-corrected chi connectivity index (χ0v) is 14.1. The quantitative estimate of drug-likeness (QED) is 0.920. The summed E-state index contributed by atoms with van der Waals surface area (Å²) in [5, 5.41) is 0. The number of likely N-dealkylation sites (tertiary alicyclic amines) is 1. The van der Waals surface area contributed by atoms with Gasteiger partial charge in [0.25, 0.3) is 5.91 Å². The van der Waals surface area contributed by atoms with E-state index in [0.717, 1.165) is 30.8 Å². The highest BCUT2D eigenvalue weighted by molar-refractivity contribution is 5.94. The second-order valence-corrected chi connectivity index (χ2v) is 6.45. The number of rotatable bonds is 5. The molecule has 0 bridgehead atoms. The Hall–Kier alpha value is -2.33. The van der Waals surface area contributed by atoms with Gasteiger partial charge in [-0.15, -0.1) is 0 Å². The van der Waals surface area contributed by atoms with E-state index in [4.69, 9.17) is 10.5 Å². The number of nitrogens with zero attached hydrogens (tertiary/aromatic N) is 1. The van der Waals surface area contributed by atoms with Crippen LogP contribution in [0.15, 0.2) is 48.5 Å². The first-order valence-corrected chi connectivity index (χ1v) is 8.43. The molecule has 2 aromatic carbocycles. The lowest BCUT2D eigenvalue weighted by Gasteiger charge is -2.17. The SMILES string of the molecule is Cc1cccc(COc2cccc(C(=O)N3CC[C@H](CN)C3)c2)c1. The molecule has 2 N–H and O–H groups in total. The first-order valence-electron chi connectivity index (χ1n) is 8.43. The first kappa shape index (κ1) is 16.5. The number of amides is 1. The molecule has 0 aromatic heterocycles. The summed E-state index contributed by atoms with van der Waals surface area (Å²) < 4.78 is 5.85. The third-order valence-electron chi connectivity index (χ3n) is 4.48. The third kappa shape index (κ3) is 3.95. The van der Waals surface area contributed by atoms with Crippen LogP contribution in [-0.2, 0) is 6.61 Å². The molecular weight excluding hydrogens is 300 g/mol. The zero-order chi connectivity index (χ0) is 16.9. The van der Waals surface area contributed by atoms with Crippen LogP contribution < -0.4 is 10.5 Å². The van der Waals surface area contributed by atoms with Crippen LogP contribution in [0.4, 0.5) is 0 Å². The number of carbonyl (C=O) groups excluding carboxylic acids is 1. The Morgan fingerprint density at radius 3 is 2.83 bits per heavy atom. The summed E-state index contributed by atoms with van der Waals surface area (Å²) in [6.45, 7) is 4.74. The van der Waals surface area contributed by atoms with Gasteiger partial charge in [-0.25, -0.2) is 0 Å². The van der Waals surface area contributed by atoms with Crippen LogP contribution in [0.3, 0.4) is 0 Å². The molecule has 126 valence electrons. The van der Waals surface area contributed by atoms with E-state index in [0.29, 0.717) is 24.6 Å². The molecule has 0 saturated carbocycles. The van der Waals surface area contributed by atoms with Gasteiger partial charge in [-0.3, -0.25) is 4.79 Å². The Bertz CT molecular complexity index is 714. The molecule has 1 heterocycles. The Morgan fingerprint density at radius 1 is 1.25 bits per heavy atom. The summed E-state index contributed by atoms with van der Waals surface area (Å²) in [6.07, 6.45) is 0.992. The summed E-state index contributed by atoms with van der Waals surface area (Å²) in [4.78, 5) is 14.5. The summed E-state index contributed by atoms with van der Waals surface area (Å²) in [6, 6.07) is 15.7. The molecule has 1 atom stereocenters. The average Bonchev–Trinajstić information content (AvgIpc) is 3.09. The Kier molecular flexibility index (Phi) is 5.16. The zero-order valence-electron chi connectivity index (χ0n) is 14.1. The molecule has 1 saturated heterocycles. The Labute approximate surface area is 143 Å². The molecule has 1 aliphatic heterocycles. The topological polar surface area (TPSA) is 55.6 Å². The Balaban J connectivity index is 1.64. The number of hydrogen-bond acceptors (Lipinski definition) is 3. The summed E-state index contributed by atoms with van der Waals surface area (Å²) in [5.41, 5.74) is 8.72. The molecule has 1 aliphatic rings. The molecule has 0 spiro atoms. The fourth-order valence-electron chi connectivity index (χ4n) is 3.08. The largest absolute Gasteiger partial charge is 0.489 e. The molecule has 4 nitrogen and oxygen atoms in total. The normalized spacial score (nSPS) is 17.1. The highest BCUT2D eigenvalue weighted by Gasteiger charge is 2.26. The highest BCUT2D eigenvalue weighted by atomic mass is 16.5. The molecule has 3 rings (SSSR count).